The van der Waals surface area contributed by atoms with Crippen LogP contribution in [0, 0.1) is 0 Å². The SMILES string of the molecule is Cn1ccc(N2CCCC(SCc3ccc(CO)cc3)C2=O)n1. The Hall–Kier alpha value is -1.79. The molecule has 0 saturated carbocycles. The highest BCUT2D eigenvalue weighted by molar-refractivity contribution is 7.99. The Labute approximate surface area is 140 Å². The van der Waals surface area contributed by atoms with Gasteiger partial charge in [-0.05, 0) is 24.0 Å². The number of aryl methyl sites for hydroxylation is 1. The van der Waals surface area contributed by atoms with Crippen LogP contribution < -0.4 is 4.90 Å². The number of amides is 1. The summed E-state index contributed by atoms with van der Waals surface area (Å²) >= 11 is 1.69. The highest BCUT2D eigenvalue weighted by Gasteiger charge is 2.30. The van der Waals surface area contributed by atoms with E-state index in [-0.39, 0.29) is 17.8 Å². The molecule has 0 aliphatic carbocycles. The molecule has 1 aromatic heterocycles. The predicted molar refractivity (Wildman–Crippen MR) is 92.2 cm³/mol. The van der Waals surface area contributed by atoms with Crippen molar-refractivity contribution in [1.29, 1.82) is 0 Å². The van der Waals surface area contributed by atoms with Crippen LogP contribution in [0.25, 0.3) is 0 Å². The first kappa shape index (κ1) is 16.1. The molecule has 122 valence electrons. The van der Waals surface area contributed by atoms with Gasteiger partial charge in [-0.25, -0.2) is 0 Å². The van der Waals surface area contributed by atoms with Crippen LogP contribution in [-0.2, 0) is 24.2 Å². The van der Waals surface area contributed by atoms with Crippen LogP contribution in [0.5, 0.6) is 0 Å². The molecule has 0 bridgehead atoms. The first-order valence-corrected chi connectivity index (χ1v) is 8.83. The van der Waals surface area contributed by atoms with Gasteiger partial charge < -0.3 is 5.11 Å². The summed E-state index contributed by atoms with van der Waals surface area (Å²) in [5.41, 5.74) is 2.09. The Kier molecular flexibility index (Phi) is 5.03. The molecule has 1 amide bonds. The van der Waals surface area contributed by atoms with E-state index in [1.165, 1.54) is 5.56 Å². The van der Waals surface area contributed by atoms with E-state index in [0.29, 0.717) is 0 Å². The van der Waals surface area contributed by atoms with Gasteiger partial charge in [0, 0.05) is 31.6 Å². The maximum Gasteiger partial charge on any atom is 0.241 e. The third kappa shape index (κ3) is 3.76. The normalized spacial score (nSPS) is 18.4. The van der Waals surface area contributed by atoms with E-state index in [0.717, 1.165) is 36.5 Å². The van der Waals surface area contributed by atoms with Gasteiger partial charge in [0.2, 0.25) is 5.91 Å². The summed E-state index contributed by atoms with van der Waals surface area (Å²) in [5.74, 6) is 1.71. The van der Waals surface area contributed by atoms with E-state index in [4.69, 9.17) is 5.11 Å². The molecule has 1 fully saturated rings. The highest BCUT2D eigenvalue weighted by atomic mass is 32.2. The third-order valence-corrected chi connectivity index (χ3v) is 5.36. The quantitative estimate of drug-likeness (QED) is 0.914. The molecule has 2 aromatic rings. The number of aliphatic hydroxyl groups excluding tert-OH is 1. The van der Waals surface area contributed by atoms with Gasteiger partial charge in [-0.3, -0.25) is 14.4 Å². The second kappa shape index (κ2) is 7.19. The molecule has 1 unspecified atom stereocenters. The van der Waals surface area contributed by atoms with Gasteiger partial charge in [-0.2, -0.15) is 5.10 Å². The Morgan fingerprint density at radius 1 is 1.26 bits per heavy atom. The molecule has 1 atom stereocenters. The van der Waals surface area contributed by atoms with Crippen LogP contribution in [0.2, 0.25) is 0 Å². The van der Waals surface area contributed by atoms with Crippen molar-refractivity contribution >= 4 is 23.5 Å². The standard InChI is InChI=1S/C17H21N3O2S/c1-19-10-8-16(18-19)20-9-2-3-15(17(20)22)23-12-14-6-4-13(11-21)5-7-14/h4-8,10,15,21H,2-3,9,11-12H2,1H3. The van der Waals surface area contributed by atoms with Crippen molar-refractivity contribution in [2.24, 2.45) is 7.05 Å². The predicted octanol–water partition coefficient (Wildman–Crippen LogP) is 2.34. The number of carbonyl (C=O) groups is 1. The number of benzene rings is 1. The van der Waals surface area contributed by atoms with E-state index < -0.39 is 0 Å². The number of hydrogen-bond donors (Lipinski definition) is 1. The van der Waals surface area contributed by atoms with E-state index >= 15 is 0 Å². The van der Waals surface area contributed by atoms with Gasteiger partial charge in [0.05, 0.1) is 11.9 Å². The van der Waals surface area contributed by atoms with E-state index in [9.17, 15) is 4.79 Å². The zero-order chi connectivity index (χ0) is 16.2. The van der Waals surface area contributed by atoms with Crippen LogP contribution in [0.4, 0.5) is 5.82 Å². The first-order chi connectivity index (χ1) is 11.2. The van der Waals surface area contributed by atoms with Gasteiger partial charge in [-0.1, -0.05) is 24.3 Å². The van der Waals surface area contributed by atoms with Gasteiger partial charge >= 0.3 is 0 Å². The van der Waals surface area contributed by atoms with Crippen molar-refractivity contribution in [2.45, 2.75) is 30.5 Å². The minimum absolute atomic E-state index is 0.0109. The molecule has 1 saturated heterocycles. The lowest BCUT2D eigenvalue weighted by Crippen LogP contribution is -2.43. The summed E-state index contributed by atoms with van der Waals surface area (Å²) in [6.07, 6.45) is 3.78. The van der Waals surface area contributed by atoms with Gasteiger partial charge in [-0.15, -0.1) is 11.8 Å². The summed E-state index contributed by atoms with van der Waals surface area (Å²) in [7, 11) is 1.86. The van der Waals surface area contributed by atoms with E-state index in [1.54, 1.807) is 21.3 Å². The van der Waals surface area contributed by atoms with E-state index in [2.05, 4.69) is 5.10 Å². The molecule has 23 heavy (non-hydrogen) atoms. The molecule has 1 aliphatic heterocycles. The number of piperidine rings is 1. The number of aliphatic hydroxyl groups is 1. The maximum atomic E-state index is 12.7. The fraction of sp³-hybridized carbons (Fsp3) is 0.412. The number of nitrogens with zero attached hydrogens (tertiary/aromatic N) is 3. The molecule has 0 spiro atoms. The lowest BCUT2D eigenvalue weighted by atomic mass is 10.1. The fourth-order valence-electron chi connectivity index (χ4n) is 2.71. The smallest absolute Gasteiger partial charge is 0.241 e. The number of anilines is 1. The summed E-state index contributed by atoms with van der Waals surface area (Å²) in [5, 5.41) is 13.4. The molecule has 0 radical (unpaired) electrons. The second-order valence-corrected chi connectivity index (χ2v) is 6.95. The third-order valence-electron chi connectivity index (χ3n) is 4.02. The fourth-order valence-corrected chi connectivity index (χ4v) is 3.90. The minimum atomic E-state index is -0.0109. The number of carbonyl (C=O) groups excluding carboxylic acids is 1. The minimum Gasteiger partial charge on any atom is -0.392 e. The van der Waals surface area contributed by atoms with Gasteiger partial charge in [0.1, 0.15) is 0 Å². The van der Waals surface area contributed by atoms with Crippen LogP contribution in [0.1, 0.15) is 24.0 Å². The first-order valence-electron chi connectivity index (χ1n) is 7.78. The van der Waals surface area contributed by atoms with Crippen LogP contribution in [0.15, 0.2) is 36.5 Å². The Morgan fingerprint density at radius 3 is 2.65 bits per heavy atom. The summed E-state index contributed by atoms with van der Waals surface area (Å²) < 4.78 is 1.72. The number of thioether (sulfide) groups is 1. The van der Waals surface area contributed by atoms with Crippen LogP contribution in [-0.4, -0.2) is 32.6 Å². The molecule has 1 aromatic carbocycles. The highest BCUT2D eigenvalue weighted by Crippen LogP contribution is 2.29. The summed E-state index contributed by atoms with van der Waals surface area (Å²) in [6, 6.07) is 9.78. The molecule has 6 heteroatoms. The Bertz CT molecular complexity index is 669. The molecule has 3 rings (SSSR count). The summed E-state index contributed by atoms with van der Waals surface area (Å²) in [6.45, 7) is 0.811. The van der Waals surface area contributed by atoms with Crippen molar-refractivity contribution in [2.75, 3.05) is 11.4 Å². The van der Waals surface area contributed by atoms with Crippen LogP contribution >= 0.6 is 11.8 Å². The molecular weight excluding hydrogens is 310 g/mol. The number of aromatic nitrogens is 2. The Morgan fingerprint density at radius 2 is 2.00 bits per heavy atom. The van der Waals surface area contributed by atoms with Crippen molar-refractivity contribution < 1.29 is 9.90 Å². The largest absolute Gasteiger partial charge is 0.392 e. The zero-order valence-electron chi connectivity index (χ0n) is 13.2. The van der Waals surface area contributed by atoms with Crippen molar-refractivity contribution in [3.05, 3.63) is 47.7 Å². The monoisotopic (exact) mass is 331 g/mol. The molecule has 5 nitrogen and oxygen atoms in total. The second-order valence-electron chi connectivity index (χ2n) is 5.75. The zero-order valence-corrected chi connectivity index (χ0v) is 14.0. The average Bonchev–Trinajstić information content (AvgIpc) is 3.00. The summed E-state index contributed by atoms with van der Waals surface area (Å²) in [4.78, 5) is 14.5. The average molecular weight is 331 g/mol. The van der Waals surface area contributed by atoms with E-state index in [1.807, 2.05) is 43.6 Å². The molecule has 2 heterocycles. The van der Waals surface area contributed by atoms with Crippen LogP contribution in [0.3, 0.4) is 0 Å². The molecule has 1 aliphatic rings. The Balaban J connectivity index is 1.62. The van der Waals surface area contributed by atoms with Gasteiger partial charge in [0.15, 0.2) is 5.82 Å². The number of rotatable bonds is 5. The topological polar surface area (TPSA) is 58.4 Å². The number of hydrogen-bond acceptors (Lipinski definition) is 4. The van der Waals surface area contributed by atoms with Crippen molar-refractivity contribution in [3.63, 3.8) is 0 Å². The van der Waals surface area contributed by atoms with Gasteiger partial charge in [0.25, 0.3) is 0 Å². The lowest BCUT2D eigenvalue weighted by Gasteiger charge is -2.30. The van der Waals surface area contributed by atoms with Crippen molar-refractivity contribution in [1.82, 2.24) is 9.78 Å². The molecule has 1 N–H and O–H groups in total. The van der Waals surface area contributed by atoms with Crippen molar-refractivity contribution in [3.8, 4) is 0 Å². The lowest BCUT2D eigenvalue weighted by molar-refractivity contribution is -0.119. The maximum absolute atomic E-state index is 12.7. The molecular formula is C17H21N3O2S.